The first kappa shape index (κ1) is 18.2. The van der Waals surface area contributed by atoms with Gasteiger partial charge >= 0.3 is 6.03 Å². The van der Waals surface area contributed by atoms with E-state index in [9.17, 15) is 4.79 Å². The fraction of sp³-hybridized carbons (Fsp3) is 0.632. The molecule has 0 radical (unpaired) electrons. The standard InChI is InChI=1S/C19H28N2O4/c1-23-10-9-19(7-2-3-8-19)14-20-18(22)21-16-6-4-5-15(13-16)17-24-11-12-25-17/h4-6,13,17H,2-3,7-12,14H2,1H3,(H2,20,21,22). The van der Waals surface area contributed by atoms with E-state index in [0.717, 1.165) is 37.1 Å². The summed E-state index contributed by atoms with van der Waals surface area (Å²) >= 11 is 0. The van der Waals surface area contributed by atoms with Crippen LogP contribution < -0.4 is 10.6 Å². The number of carbonyl (C=O) groups is 1. The van der Waals surface area contributed by atoms with Crippen molar-refractivity contribution in [3.63, 3.8) is 0 Å². The number of hydrogen-bond acceptors (Lipinski definition) is 4. The van der Waals surface area contributed by atoms with Gasteiger partial charge in [-0.1, -0.05) is 25.0 Å². The fourth-order valence-corrected chi connectivity index (χ4v) is 3.72. The van der Waals surface area contributed by atoms with E-state index in [1.54, 1.807) is 7.11 Å². The zero-order chi connectivity index (χ0) is 17.5. The second kappa shape index (κ2) is 8.65. The Morgan fingerprint density at radius 1 is 1.28 bits per heavy atom. The molecule has 2 N–H and O–H groups in total. The van der Waals surface area contributed by atoms with Crippen molar-refractivity contribution in [1.82, 2.24) is 5.32 Å². The monoisotopic (exact) mass is 348 g/mol. The van der Waals surface area contributed by atoms with Gasteiger partial charge in [-0.2, -0.15) is 0 Å². The van der Waals surface area contributed by atoms with Gasteiger partial charge < -0.3 is 24.8 Å². The SMILES string of the molecule is COCCC1(CNC(=O)Nc2cccc(C3OCCO3)c2)CCCC1. The van der Waals surface area contributed by atoms with E-state index in [1.807, 2.05) is 24.3 Å². The van der Waals surface area contributed by atoms with Crippen molar-refractivity contribution in [3.05, 3.63) is 29.8 Å². The van der Waals surface area contributed by atoms with Gasteiger partial charge in [0.1, 0.15) is 0 Å². The highest BCUT2D eigenvalue weighted by atomic mass is 16.7. The molecule has 1 aromatic carbocycles. The number of nitrogens with one attached hydrogen (secondary N) is 2. The van der Waals surface area contributed by atoms with Crippen LogP contribution in [0.1, 0.15) is 44.0 Å². The van der Waals surface area contributed by atoms with Crippen LogP contribution in [-0.4, -0.2) is 39.5 Å². The zero-order valence-electron chi connectivity index (χ0n) is 14.9. The highest BCUT2D eigenvalue weighted by molar-refractivity contribution is 5.89. The average Bonchev–Trinajstić information content (AvgIpc) is 3.31. The van der Waals surface area contributed by atoms with Gasteiger partial charge in [-0.05, 0) is 36.8 Å². The lowest BCUT2D eigenvalue weighted by molar-refractivity contribution is -0.0440. The maximum absolute atomic E-state index is 12.3. The summed E-state index contributed by atoms with van der Waals surface area (Å²) in [6, 6.07) is 7.43. The molecule has 2 amide bonds. The number of ether oxygens (including phenoxy) is 3. The molecule has 0 aromatic heterocycles. The van der Waals surface area contributed by atoms with Gasteiger partial charge in [-0.15, -0.1) is 0 Å². The van der Waals surface area contributed by atoms with Crippen LogP contribution in [0, 0.1) is 5.41 Å². The van der Waals surface area contributed by atoms with E-state index in [0.29, 0.717) is 19.8 Å². The lowest BCUT2D eigenvalue weighted by atomic mass is 9.83. The van der Waals surface area contributed by atoms with Crippen molar-refractivity contribution in [3.8, 4) is 0 Å². The zero-order valence-corrected chi connectivity index (χ0v) is 14.9. The van der Waals surface area contributed by atoms with Crippen LogP contribution in [-0.2, 0) is 14.2 Å². The molecule has 1 aromatic rings. The molecule has 0 spiro atoms. The largest absolute Gasteiger partial charge is 0.385 e. The predicted molar refractivity (Wildman–Crippen MR) is 95.5 cm³/mol. The van der Waals surface area contributed by atoms with Crippen LogP contribution in [0.15, 0.2) is 24.3 Å². The minimum absolute atomic E-state index is 0.172. The Hall–Kier alpha value is -1.63. The first-order chi connectivity index (χ1) is 12.2. The number of methoxy groups -OCH3 is 1. The number of carbonyl (C=O) groups excluding carboxylic acids is 1. The first-order valence-electron chi connectivity index (χ1n) is 9.08. The molecule has 6 heteroatoms. The van der Waals surface area contributed by atoms with Crippen molar-refractivity contribution in [2.45, 2.75) is 38.4 Å². The Balaban J connectivity index is 1.52. The molecule has 1 aliphatic heterocycles. The van der Waals surface area contributed by atoms with Crippen LogP contribution in [0.4, 0.5) is 10.5 Å². The van der Waals surface area contributed by atoms with E-state index in [-0.39, 0.29) is 17.7 Å². The molecule has 1 saturated carbocycles. The second-order valence-corrected chi connectivity index (χ2v) is 6.96. The van der Waals surface area contributed by atoms with Gasteiger partial charge in [0.2, 0.25) is 0 Å². The third-order valence-electron chi connectivity index (χ3n) is 5.16. The maximum atomic E-state index is 12.3. The number of benzene rings is 1. The minimum atomic E-state index is -0.333. The number of anilines is 1. The Morgan fingerprint density at radius 2 is 2.04 bits per heavy atom. The molecule has 25 heavy (non-hydrogen) atoms. The lowest BCUT2D eigenvalue weighted by Gasteiger charge is -2.29. The first-order valence-corrected chi connectivity index (χ1v) is 9.08. The molecule has 1 heterocycles. The summed E-state index contributed by atoms with van der Waals surface area (Å²) < 4.78 is 16.2. The van der Waals surface area contributed by atoms with E-state index < -0.39 is 0 Å². The van der Waals surface area contributed by atoms with E-state index in [4.69, 9.17) is 14.2 Å². The van der Waals surface area contributed by atoms with Gasteiger partial charge in [0.15, 0.2) is 6.29 Å². The highest BCUT2D eigenvalue weighted by Crippen LogP contribution is 2.40. The summed E-state index contributed by atoms with van der Waals surface area (Å²) in [7, 11) is 1.73. The van der Waals surface area contributed by atoms with Crippen LogP contribution in [0.2, 0.25) is 0 Å². The third kappa shape index (κ3) is 4.93. The molecule has 2 aliphatic rings. The van der Waals surface area contributed by atoms with Gasteiger partial charge in [0, 0.05) is 31.5 Å². The quantitative estimate of drug-likeness (QED) is 0.792. The summed E-state index contributed by atoms with van der Waals surface area (Å²) in [4.78, 5) is 12.3. The van der Waals surface area contributed by atoms with Gasteiger partial charge in [0.05, 0.1) is 13.2 Å². The lowest BCUT2D eigenvalue weighted by Crippen LogP contribution is -2.39. The second-order valence-electron chi connectivity index (χ2n) is 6.96. The Kier molecular flexibility index (Phi) is 6.29. The van der Waals surface area contributed by atoms with Crippen molar-refractivity contribution in [2.75, 3.05) is 38.8 Å². The summed E-state index contributed by atoms with van der Waals surface area (Å²) in [6.07, 6.45) is 5.44. The summed E-state index contributed by atoms with van der Waals surface area (Å²) in [6.45, 7) is 2.64. The molecular formula is C19H28N2O4. The Labute approximate surface area is 149 Å². The van der Waals surface area contributed by atoms with Crippen molar-refractivity contribution < 1.29 is 19.0 Å². The maximum Gasteiger partial charge on any atom is 0.319 e. The smallest absolute Gasteiger partial charge is 0.319 e. The normalized spacial score (nSPS) is 19.9. The van der Waals surface area contributed by atoms with Crippen LogP contribution >= 0.6 is 0 Å². The van der Waals surface area contributed by atoms with E-state index >= 15 is 0 Å². The Morgan fingerprint density at radius 3 is 2.76 bits per heavy atom. The molecular weight excluding hydrogens is 320 g/mol. The molecule has 1 aliphatic carbocycles. The molecule has 138 valence electrons. The molecule has 0 bridgehead atoms. The van der Waals surface area contributed by atoms with E-state index in [1.165, 1.54) is 12.8 Å². The predicted octanol–water partition coefficient (Wildman–Crippen LogP) is 3.45. The molecule has 6 nitrogen and oxygen atoms in total. The molecule has 3 rings (SSSR count). The number of urea groups is 1. The molecule has 2 fully saturated rings. The van der Waals surface area contributed by atoms with Crippen molar-refractivity contribution in [2.24, 2.45) is 5.41 Å². The summed E-state index contributed by atoms with van der Waals surface area (Å²) in [5.74, 6) is 0. The Bertz CT molecular complexity index is 566. The summed E-state index contributed by atoms with van der Waals surface area (Å²) in [5, 5.41) is 5.95. The van der Waals surface area contributed by atoms with Crippen LogP contribution in [0.3, 0.4) is 0 Å². The minimum Gasteiger partial charge on any atom is -0.385 e. The van der Waals surface area contributed by atoms with Gasteiger partial charge in [0.25, 0.3) is 0 Å². The molecule has 1 saturated heterocycles. The van der Waals surface area contributed by atoms with Crippen LogP contribution in [0.25, 0.3) is 0 Å². The van der Waals surface area contributed by atoms with Gasteiger partial charge in [-0.3, -0.25) is 0 Å². The fourth-order valence-electron chi connectivity index (χ4n) is 3.72. The van der Waals surface area contributed by atoms with Gasteiger partial charge in [-0.25, -0.2) is 4.79 Å². The molecule has 0 unspecified atom stereocenters. The van der Waals surface area contributed by atoms with E-state index in [2.05, 4.69) is 10.6 Å². The summed E-state index contributed by atoms with van der Waals surface area (Å²) in [5.41, 5.74) is 1.84. The van der Waals surface area contributed by atoms with Crippen LogP contribution in [0.5, 0.6) is 0 Å². The van der Waals surface area contributed by atoms with Crippen molar-refractivity contribution in [1.29, 1.82) is 0 Å². The average molecular weight is 348 g/mol. The third-order valence-corrected chi connectivity index (χ3v) is 5.16. The number of rotatable bonds is 7. The number of amides is 2. The molecule has 0 atom stereocenters. The van der Waals surface area contributed by atoms with Crippen molar-refractivity contribution >= 4 is 11.7 Å². The highest BCUT2D eigenvalue weighted by Gasteiger charge is 2.33. The topological polar surface area (TPSA) is 68.8 Å². The number of hydrogen-bond donors (Lipinski definition) is 2.